The maximum absolute atomic E-state index is 14.6. The van der Waals surface area contributed by atoms with Crippen LogP contribution < -0.4 is 10.5 Å². The lowest BCUT2D eigenvalue weighted by Gasteiger charge is -2.25. The van der Waals surface area contributed by atoms with Crippen LogP contribution in [0.5, 0.6) is 5.75 Å². The van der Waals surface area contributed by atoms with Crippen molar-refractivity contribution in [3.05, 3.63) is 70.9 Å². The molecule has 9 nitrogen and oxygen atoms in total. The molecule has 0 amide bonds. The average Bonchev–Trinajstić information content (AvgIpc) is 3.02. The number of hydrogen-bond donors (Lipinski definition) is 1. The highest BCUT2D eigenvalue weighted by Gasteiger charge is 2.52. The molecule has 46 heavy (non-hydrogen) atoms. The second kappa shape index (κ2) is 15.5. The molecule has 0 aliphatic rings. The number of nitrogens with zero attached hydrogens (tertiary/aromatic N) is 2. The lowest BCUT2D eigenvalue weighted by molar-refractivity contribution is -0.143. The Kier molecular flexibility index (Phi) is 11.7. The summed E-state index contributed by atoms with van der Waals surface area (Å²) in [6.45, 7) is 6.71. The van der Waals surface area contributed by atoms with Gasteiger partial charge in [-0.05, 0) is 82.0 Å². The van der Waals surface area contributed by atoms with Crippen LogP contribution in [-0.4, -0.2) is 48.0 Å². The Labute approximate surface area is 267 Å². The third-order valence-electron chi connectivity index (χ3n) is 7.08. The van der Waals surface area contributed by atoms with E-state index in [1.165, 1.54) is 13.8 Å². The predicted molar refractivity (Wildman–Crippen MR) is 174 cm³/mol. The molecule has 0 saturated carbocycles. The summed E-state index contributed by atoms with van der Waals surface area (Å²) in [5, 5.41) is 1.69. The first-order chi connectivity index (χ1) is 22.0. The van der Waals surface area contributed by atoms with Crippen LogP contribution >= 0.6 is 7.60 Å². The summed E-state index contributed by atoms with van der Waals surface area (Å²) in [4.78, 5) is 20.8. The van der Waals surface area contributed by atoms with Crippen molar-refractivity contribution in [1.82, 2.24) is 9.97 Å². The number of pyridine rings is 2. The molecule has 4 aromatic rings. The van der Waals surface area contributed by atoms with E-state index in [1.807, 2.05) is 31.2 Å². The molecule has 2 heterocycles. The van der Waals surface area contributed by atoms with Crippen molar-refractivity contribution in [2.75, 3.05) is 32.2 Å². The summed E-state index contributed by atoms with van der Waals surface area (Å²) in [6, 6.07) is 13.0. The fraction of sp³-hybridized carbons (Fsp3) is 0.382. The molecule has 0 fully saturated rings. The number of anilines is 1. The maximum atomic E-state index is 14.6. The van der Waals surface area contributed by atoms with Crippen LogP contribution in [0.1, 0.15) is 62.3 Å². The minimum absolute atomic E-state index is 0.000100. The van der Waals surface area contributed by atoms with Gasteiger partial charge in [-0.15, -0.1) is 0 Å². The van der Waals surface area contributed by atoms with Gasteiger partial charge in [-0.25, -0.2) is 4.98 Å². The molecule has 0 atom stereocenters. The number of rotatable bonds is 14. The monoisotopic (exact) mass is 653 g/mol. The third-order valence-corrected chi connectivity index (χ3v) is 9.30. The van der Waals surface area contributed by atoms with Crippen LogP contribution in [0.15, 0.2) is 48.7 Å². The normalized spacial score (nSPS) is 11.8. The van der Waals surface area contributed by atoms with Gasteiger partial charge in [-0.2, -0.15) is 8.78 Å². The molecule has 0 bridgehead atoms. The van der Waals surface area contributed by atoms with Gasteiger partial charge in [0.05, 0.1) is 31.9 Å². The lowest BCUT2D eigenvalue weighted by Crippen LogP contribution is -2.21. The van der Waals surface area contributed by atoms with Gasteiger partial charge in [-0.3, -0.25) is 14.3 Å². The molecule has 0 aliphatic heterocycles. The van der Waals surface area contributed by atoms with Crippen LogP contribution in [0, 0.1) is 18.8 Å². The SMILES string of the molecule is CCOC(=O)CCc1ccc2c(c1)nc(N)c1ncc(C#Cc3ccc(OCCCC(F)(F)P(=O)(OCC)OCC)cc3C)cc12. The van der Waals surface area contributed by atoms with Gasteiger partial charge < -0.3 is 24.3 Å². The first-order valence-corrected chi connectivity index (χ1v) is 16.7. The van der Waals surface area contributed by atoms with Crippen molar-refractivity contribution in [1.29, 1.82) is 0 Å². The van der Waals surface area contributed by atoms with E-state index in [2.05, 4.69) is 21.8 Å². The van der Waals surface area contributed by atoms with E-state index in [-0.39, 0.29) is 38.6 Å². The van der Waals surface area contributed by atoms with Crippen molar-refractivity contribution in [3.63, 3.8) is 0 Å². The fourth-order valence-corrected chi connectivity index (χ4v) is 6.41. The number of fused-ring (bicyclic) bond motifs is 3. The molecule has 0 aliphatic carbocycles. The molecule has 12 heteroatoms. The first-order valence-electron chi connectivity index (χ1n) is 15.2. The number of nitrogen functional groups attached to an aromatic ring is 1. The number of carbonyl (C=O) groups excluding carboxylic acids is 1. The number of benzene rings is 2. The van der Waals surface area contributed by atoms with Gasteiger partial charge in [0.1, 0.15) is 11.3 Å². The molecule has 244 valence electrons. The van der Waals surface area contributed by atoms with Crippen molar-refractivity contribution >= 4 is 41.2 Å². The van der Waals surface area contributed by atoms with Crippen molar-refractivity contribution < 1.29 is 36.7 Å². The van der Waals surface area contributed by atoms with E-state index in [4.69, 9.17) is 24.3 Å². The summed E-state index contributed by atoms with van der Waals surface area (Å²) < 4.78 is 61.9. The van der Waals surface area contributed by atoms with E-state index in [0.717, 1.165) is 27.5 Å². The summed E-state index contributed by atoms with van der Waals surface area (Å²) in [7, 11) is -4.55. The number of halogens is 2. The molecule has 0 spiro atoms. The molecule has 0 saturated heterocycles. The summed E-state index contributed by atoms with van der Waals surface area (Å²) in [5.74, 6) is 6.89. The van der Waals surface area contributed by atoms with E-state index < -0.39 is 19.7 Å². The molecular formula is C34H38F2N3O6P. The number of hydrogen-bond acceptors (Lipinski definition) is 9. The molecule has 4 rings (SSSR count). The van der Waals surface area contributed by atoms with Gasteiger partial charge in [0.25, 0.3) is 0 Å². The maximum Gasteiger partial charge on any atom is 0.399 e. The van der Waals surface area contributed by atoms with Crippen molar-refractivity contribution in [2.24, 2.45) is 0 Å². The van der Waals surface area contributed by atoms with Crippen molar-refractivity contribution in [2.45, 2.75) is 59.0 Å². The van der Waals surface area contributed by atoms with Crippen LogP contribution in [0.3, 0.4) is 0 Å². The van der Waals surface area contributed by atoms with Crippen LogP contribution in [-0.2, 0) is 29.6 Å². The smallest absolute Gasteiger partial charge is 0.399 e. The third kappa shape index (κ3) is 8.38. The molecule has 2 aromatic carbocycles. The molecular weight excluding hydrogens is 615 g/mol. The van der Waals surface area contributed by atoms with Gasteiger partial charge in [0.15, 0.2) is 5.82 Å². The zero-order chi connectivity index (χ0) is 33.3. The van der Waals surface area contributed by atoms with E-state index >= 15 is 0 Å². The van der Waals surface area contributed by atoms with Gasteiger partial charge in [-0.1, -0.05) is 24.0 Å². The van der Waals surface area contributed by atoms with Crippen LogP contribution in [0.25, 0.3) is 21.8 Å². The molecule has 0 radical (unpaired) electrons. The minimum atomic E-state index is -4.55. The summed E-state index contributed by atoms with van der Waals surface area (Å²) in [5.41, 5.74) is 7.14. The Morgan fingerprint density at radius 3 is 2.46 bits per heavy atom. The second-order valence-electron chi connectivity index (χ2n) is 10.5. The molecule has 0 unspecified atom stereocenters. The van der Waals surface area contributed by atoms with E-state index in [9.17, 15) is 18.1 Å². The van der Waals surface area contributed by atoms with Gasteiger partial charge in [0, 0.05) is 40.9 Å². The highest BCUT2D eigenvalue weighted by molar-refractivity contribution is 7.55. The number of esters is 1. The zero-order valence-corrected chi connectivity index (χ0v) is 27.3. The Morgan fingerprint density at radius 2 is 1.76 bits per heavy atom. The Balaban J connectivity index is 1.44. The first kappa shape index (κ1) is 34.8. The quantitative estimate of drug-likeness (QED) is 0.0482. The Bertz CT molecular complexity index is 1810. The number of ether oxygens (including phenoxy) is 2. The summed E-state index contributed by atoms with van der Waals surface area (Å²) >= 11 is 0. The average molecular weight is 654 g/mol. The van der Waals surface area contributed by atoms with Crippen LogP contribution in [0.2, 0.25) is 0 Å². The number of aryl methyl sites for hydroxylation is 2. The highest BCUT2D eigenvalue weighted by atomic mass is 31.2. The van der Waals surface area contributed by atoms with Crippen molar-refractivity contribution in [3.8, 4) is 17.6 Å². The van der Waals surface area contributed by atoms with Gasteiger partial charge in [0.2, 0.25) is 0 Å². The standard InChI is InChI=1S/C34H38F2N3O6P/c1-5-42-31(40)16-11-24-10-15-28-29-20-25(22-38-32(29)33(37)39-30(28)21-24)9-12-26-13-14-27(19-23(26)4)43-18-8-17-34(35,36)46(41,44-6-2)45-7-3/h10,13-15,19-22H,5-8,11,16-18H2,1-4H3,(H2,37,39). The predicted octanol–water partition coefficient (Wildman–Crippen LogP) is 7.59. The number of aromatic nitrogens is 2. The van der Waals surface area contributed by atoms with Crippen LogP contribution in [0.4, 0.5) is 14.6 Å². The fourth-order valence-electron chi connectivity index (χ4n) is 4.84. The number of nitrogens with two attached hydrogens (primary N) is 1. The summed E-state index contributed by atoms with van der Waals surface area (Å²) in [6.07, 6.45) is 1.72. The zero-order valence-electron chi connectivity index (χ0n) is 26.4. The second-order valence-corrected chi connectivity index (χ2v) is 12.6. The molecule has 2 aromatic heterocycles. The lowest BCUT2D eigenvalue weighted by atomic mass is 10.0. The highest BCUT2D eigenvalue weighted by Crippen LogP contribution is 2.63. The molecule has 2 N–H and O–H groups in total. The van der Waals surface area contributed by atoms with E-state index in [0.29, 0.717) is 41.2 Å². The number of alkyl halides is 2. The topological polar surface area (TPSA) is 123 Å². The Morgan fingerprint density at radius 1 is 1.00 bits per heavy atom. The largest absolute Gasteiger partial charge is 0.494 e. The van der Waals surface area contributed by atoms with E-state index in [1.54, 1.807) is 31.3 Å². The van der Waals surface area contributed by atoms with Gasteiger partial charge >= 0.3 is 19.2 Å². The Hall–Kier alpha value is -4.10. The number of carbonyl (C=O) groups is 1. The minimum Gasteiger partial charge on any atom is -0.494 e.